The van der Waals surface area contributed by atoms with Crippen LogP contribution in [0.2, 0.25) is 0 Å². The van der Waals surface area contributed by atoms with Crippen molar-refractivity contribution in [3.63, 3.8) is 0 Å². The second kappa shape index (κ2) is 5.41. The number of benzene rings is 2. The largest absolute Gasteiger partial charge is 0.497 e. The number of oxazole rings is 1. The molecule has 0 aliphatic carbocycles. The predicted molar refractivity (Wildman–Crippen MR) is 85.2 cm³/mol. The van der Waals surface area contributed by atoms with Crippen LogP contribution >= 0.6 is 15.9 Å². The van der Waals surface area contributed by atoms with Crippen molar-refractivity contribution < 1.29 is 9.15 Å². The Hall–Kier alpha value is -2.01. The van der Waals surface area contributed by atoms with Crippen LogP contribution in [0.25, 0.3) is 11.1 Å². The first kappa shape index (κ1) is 13.9. The van der Waals surface area contributed by atoms with Crippen LogP contribution < -0.4 is 10.5 Å². The Morgan fingerprint density at radius 3 is 2.71 bits per heavy atom. The highest BCUT2D eigenvalue weighted by Gasteiger charge is 2.14. The fourth-order valence-electron chi connectivity index (χ4n) is 2.30. The third kappa shape index (κ3) is 2.49. The summed E-state index contributed by atoms with van der Waals surface area (Å²) in [4.78, 5) is 11.5. The topological polar surface area (TPSA) is 44.4 Å². The number of hydrogen-bond acceptors (Lipinski definition) is 3. The Balaban J connectivity index is 2.04. The second-order valence-electron chi connectivity index (χ2n) is 4.79. The first-order valence-electron chi connectivity index (χ1n) is 6.47. The van der Waals surface area contributed by atoms with E-state index in [2.05, 4.69) is 15.9 Å². The van der Waals surface area contributed by atoms with E-state index in [0.29, 0.717) is 5.58 Å². The van der Waals surface area contributed by atoms with E-state index in [9.17, 15) is 4.79 Å². The van der Waals surface area contributed by atoms with Crippen molar-refractivity contribution in [1.82, 2.24) is 4.57 Å². The van der Waals surface area contributed by atoms with E-state index in [0.717, 1.165) is 22.4 Å². The van der Waals surface area contributed by atoms with Gasteiger partial charge in [0, 0.05) is 7.05 Å². The molecule has 0 aliphatic rings. The lowest BCUT2D eigenvalue weighted by atomic mass is 10.0. The fourth-order valence-corrected chi connectivity index (χ4v) is 2.87. The third-order valence-electron chi connectivity index (χ3n) is 3.50. The van der Waals surface area contributed by atoms with E-state index in [1.54, 1.807) is 14.2 Å². The molecule has 1 aromatic heterocycles. The standard InChI is InChI=1S/C16H14BrNO3/c1-18-13-7-6-11(9-14(13)21-16(18)19)15(17)10-4-3-5-12(8-10)20-2/h3-9,15H,1-2H3. The Kier molecular flexibility index (Phi) is 3.59. The number of ether oxygens (including phenoxy) is 1. The zero-order chi connectivity index (χ0) is 15.0. The molecule has 5 heteroatoms. The molecule has 1 heterocycles. The summed E-state index contributed by atoms with van der Waals surface area (Å²) in [5.74, 6) is 0.457. The molecule has 4 nitrogen and oxygen atoms in total. The van der Waals surface area contributed by atoms with Gasteiger partial charge in [0.15, 0.2) is 5.58 Å². The molecule has 0 saturated heterocycles. The maximum absolute atomic E-state index is 11.5. The molecule has 0 amide bonds. The van der Waals surface area contributed by atoms with Crippen LogP contribution in [-0.4, -0.2) is 11.7 Å². The summed E-state index contributed by atoms with van der Waals surface area (Å²) >= 11 is 3.69. The van der Waals surface area contributed by atoms with E-state index in [-0.39, 0.29) is 10.6 Å². The molecule has 108 valence electrons. The Morgan fingerprint density at radius 2 is 1.95 bits per heavy atom. The molecule has 0 radical (unpaired) electrons. The number of fused-ring (bicyclic) bond motifs is 1. The summed E-state index contributed by atoms with van der Waals surface area (Å²) in [6, 6.07) is 13.6. The Labute approximate surface area is 130 Å². The number of halogens is 1. The zero-order valence-electron chi connectivity index (χ0n) is 11.7. The molecule has 0 spiro atoms. The maximum Gasteiger partial charge on any atom is 0.419 e. The molecule has 3 rings (SSSR count). The van der Waals surface area contributed by atoms with Crippen LogP contribution in [0.1, 0.15) is 16.0 Å². The summed E-state index contributed by atoms with van der Waals surface area (Å²) in [7, 11) is 3.34. The van der Waals surface area contributed by atoms with Gasteiger partial charge in [0.25, 0.3) is 0 Å². The van der Waals surface area contributed by atoms with Crippen molar-refractivity contribution in [2.45, 2.75) is 4.83 Å². The van der Waals surface area contributed by atoms with Crippen molar-refractivity contribution >= 4 is 27.0 Å². The molecule has 21 heavy (non-hydrogen) atoms. The monoisotopic (exact) mass is 347 g/mol. The minimum atomic E-state index is -0.352. The SMILES string of the molecule is COc1cccc(C(Br)c2ccc3c(c2)oc(=O)n3C)c1. The Morgan fingerprint density at radius 1 is 1.19 bits per heavy atom. The van der Waals surface area contributed by atoms with E-state index in [1.165, 1.54) is 4.57 Å². The van der Waals surface area contributed by atoms with Crippen LogP contribution in [0, 0.1) is 0 Å². The third-order valence-corrected chi connectivity index (χ3v) is 4.55. The highest BCUT2D eigenvalue weighted by molar-refractivity contribution is 9.09. The number of methoxy groups -OCH3 is 1. The zero-order valence-corrected chi connectivity index (χ0v) is 13.3. The molecule has 0 saturated carbocycles. The molecule has 0 bridgehead atoms. The summed E-state index contributed by atoms with van der Waals surface area (Å²) < 4.78 is 12.0. The molecular formula is C16H14BrNO3. The summed E-state index contributed by atoms with van der Waals surface area (Å²) in [5, 5.41) is 0. The molecule has 0 fully saturated rings. The molecular weight excluding hydrogens is 334 g/mol. The smallest absolute Gasteiger partial charge is 0.419 e. The van der Waals surface area contributed by atoms with Gasteiger partial charge < -0.3 is 9.15 Å². The lowest BCUT2D eigenvalue weighted by Crippen LogP contribution is -2.08. The Bertz CT molecular complexity index is 850. The molecule has 3 aromatic rings. The van der Waals surface area contributed by atoms with Gasteiger partial charge in [0.05, 0.1) is 17.5 Å². The van der Waals surface area contributed by atoms with Crippen LogP contribution in [0.15, 0.2) is 51.7 Å². The molecule has 0 aliphatic heterocycles. The summed E-state index contributed by atoms with van der Waals surface area (Å²) in [6.45, 7) is 0. The van der Waals surface area contributed by atoms with Crippen molar-refractivity contribution in [1.29, 1.82) is 0 Å². The van der Waals surface area contributed by atoms with Crippen molar-refractivity contribution in [3.05, 3.63) is 64.1 Å². The molecule has 2 aromatic carbocycles. The van der Waals surface area contributed by atoms with Gasteiger partial charge in [-0.2, -0.15) is 0 Å². The first-order chi connectivity index (χ1) is 10.1. The van der Waals surface area contributed by atoms with Gasteiger partial charge in [0.1, 0.15) is 5.75 Å². The van der Waals surface area contributed by atoms with Gasteiger partial charge in [-0.3, -0.25) is 4.57 Å². The normalized spacial score (nSPS) is 12.5. The van der Waals surface area contributed by atoms with Crippen LogP contribution in [0.5, 0.6) is 5.75 Å². The van der Waals surface area contributed by atoms with E-state index in [1.807, 2.05) is 42.5 Å². The van der Waals surface area contributed by atoms with E-state index >= 15 is 0 Å². The number of nitrogens with zero attached hydrogens (tertiary/aromatic N) is 1. The van der Waals surface area contributed by atoms with Gasteiger partial charge in [-0.15, -0.1) is 0 Å². The summed E-state index contributed by atoms with van der Waals surface area (Å²) in [6.07, 6.45) is 0. The van der Waals surface area contributed by atoms with E-state index < -0.39 is 0 Å². The minimum Gasteiger partial charge on any atom is -0.497 e. The van der Waals surface area contributed by atoms with Crippen molar-refractivity contribution in [2.75, 3.05) is 7.11 Å². The van der Waals surface area contributed by atoms with E-state index in [4.69, 9.17) is 9.15 Å². The highest BCUT2D eigenvalue weighted by Crippen LogP contribution is 2.33. The molecule has 0 N–H and O–H groups in total. The number of hydrogen-bond donors (Lipinski definition) is 0. The lowest BCUT2D eigenvalue weighted by Gasteiger charge is -2.12. The number of aryl methyl sites for hydroxylation is 1. The predicted octanol–water partition coefficient (Wildman–Crippen LogP) is 3.62. The lowest BCUT2D eigenvalue weighted by molar-refractivity contribution is 0.414. The number of rotatable bonds is 3. The number of alkyl halides is 1. The van der Waals surface area contributed by atoms with Gasteiger partial charge in [-0.25, -0.2) is 4.79 Å². The fraction of sp³-hybridized carbons (Fsp3) is 0.188. The van der Waals surface area contributed by atoms with Crippen LogP contribution in [-0.2, 0) is 7.05 Å². The highest BCUT2D eigenvalue weighted by atomic mass is 79.9. The minimum absolute atomic E-state index is 0.00232. The van der Waals surface area contributed by atoms with Gasteiger partial charge in [0.2, 0.25) is 0 Å². The molecule has 1 atom stereocenters. The second-order valence-corrected chi connectivity index (χ2v) is 5.71. The average Bonchev–Trinajstić information content (AvgIpc) is 2.81. The maximum atomic E-state index is 11.5. The van der Waals surface area contributed by atoms with Crippen molar-refractivity contribution in [2.24, 2.45) is 7.05 Å². The first-order valence-corrected chi connectivity index (χ1v) is 7.39. The summed E-state index contributed by atoms with van der Waals surface area (Å²) in [5.41, 5.74) is 3.47. The quantitative estimate of drug-likeness (QED) is 0.679. The van der Waals surface area contributed by atoms with Crippen molar-refractivity contribution in [3.8, 4) is 5.75 Å². The van der Waals surface area contributed by atoms with Gasteiger partial charge in [-0.05, 0) is 35.4 Å². The van der Waals surface area contributed by atoms with Gasteiger partial charge in [-0.1, -0.05) is 34.1 Å². The van der Waals surface area contributed by atoms with Crippen LogP contribution in [0.3, 0.4) is 0 Å². The number of aromatic nitrogens is 1. The van der Waals surface area contributed by atoms with Crippen LogP contribution in [0.4, 0.5) is 0 Å². The van der Waals surface area contributed by atoms with Gasteiger partial charge >= 0.3 is 5.76 Å². The molecule has 1 unspecified atom stereocenters. The average molecular weight is 348 g/mol.